The van der Waals surface area contributed by atoms with Crippen molar-refractivity contribution in [2.24, 2.45) is 5.41 Å². The Kier molecular flexibility index (Phi) is 3.75. The molecule has 96 valence electrons. The summed E-state index contributed by atoms with van der Waals surface area (Å²) in [6.45, 7) is 3.70. The first-order chi connectivity index (χ1) is 7.76. The zero-order valence-electron chi connectivity index (χ0n) is 10.4. The van der Waals surface area contributed by atoms with E-state index in [2.05, 4.69) is 0 Å². The molecule has 0 atom stereocenters. The fourth-order valence-electron chi connectivity index (χ4n) is 1.65. The Morgan fingerprint density at radius 1 is 1.29 bits per heavy atom. The topological polar surface area (TPSA) is 77.9 Å². The van der Waals surface area contributed by atoms with Gasteiger partial charge in [-0.05, 0) is 20.3 Å². The van der Waals surface area contributed by atoms with Crippen LogP contribution in [0, 0.1) is 5.41 Å². The molecule has 6 nitrogen and oxygen atoms in total. The van der Waals surface area contributed by atoms with Gasteiger partial charge in [-0.25, -0.2) is 0 Å². The maximum Gasteiger partial charge on any atom is 0.318 e. The van der Waals surface area contributed by atoms with Gasteiger partial charge in [0.25, 0.3) is 0 Å². The van der Waals surface area contributed by atoms with Crippen molar-refractivity contribution in [1.82, 2.24) is 9.80 Å². The van der Waals surface area contributed by atoms with Crippen molar-refractivity contribution in [3.05, 3.63) is 0 Å². The monoisotopic (exact) mass is 242 g/mol. The minimum Gasteiger partial charge on any atom is -0.480 e. The van der Waals surface area contributed by atoms with E-state index < -0.39 is 17.3 Å². The van der Waals surface area contributed by atoms with Crippen LogP contribution in [0.4, 0.5) is 0 Å². The van der Waals surface area contributed by atoms with Gasteiger partial charge in [0.05, 0.1) is 6.54 Å². The zero-order chi connectivity index (χ0) is 13.2. The molecule has 6 heteroatoms. The summed E-state index contributed by atoms with van der Waals surface area (Å²) < 4.78 is 0. The SMILES string of the molecule is CN1CCCN(C(=O)C(C)(C)C(=O)O)CC1=O. The van der Waals surface area contributed by atoms with Crippen molar-refractivity contribution in [3.8, 4) is 0 Å². The lowest BCUT2D eigenvalue weighted by Gasteiger charge is -2.27. The fraction of sp³-hybridized carbons (Fsp3) is 0.727. The minimum atomic E-state index is -1.48. The second-order valence-corrected chi connectivity index (χ2v) is 4.83. The van der Waals surface area contributed by atoms with Crippen LogP contribution in [0.2, 0.25) is 0 Å². The van der Waals surface area contributed by atoms with Crippen molar-refractivity contribution in [2.75, 3.05) is 26.7 Å². The number of hydrogen-bond donors (Lipinski definition) is 1. The molecule has 1 N–H and O–H groups in total. The summed E-state index contributed by atoms with van der Waals surface area (Å²) in [5.74, 6) is -1.83. The Balaban J connectivity index is 2.83. The normalized spacial score (nSPS) is 17.9. The van der Waals surface area contributed by atoms with Crippen LogP contribution in [-0.2, 0) is 14.4 Å². The van der Waals surface area contributed by atoms with Gasteiger partial charge < -0.3 is 14.9 Å². The number of carbonyl (C=O) groups is 3. The molecule has 17 heavy (non-hydrogen) atoms. The number of amides is 2. The van der Waals surface area contributed by atoms with Gasteiger partial charge in [-0.2, -0.15) is 0 Å². The number of carboxylic acids is 1. The Hall–Kier alpha value is -1.59. The van der Waals surface area contributed by atoms with Crippen molar-refractivity contribution in [1.29, 1.82) is 0 Å². The molecule has 1 aliphatic rings. The predicted molar refractivity (Wildman–Crippen MR) is 60.3 cm³/mol. The number of likely N-dealkylation sites (N-methyl/N-ethyl adjacent to an activating group) is 1. The predicted octanol–water partition coefficient (Wildman–Crippen LogP) is -0.212. The van der Waals surface area contributed by atoms with Gasteiger partial charge in [0.2, 0.25) is 11.8 Å². The summed E-state index contributed by atoms with van der Waals surface area (Å²) in [6, 6.07) is 0. The highest BCUT2D eigenvalue weighted by molar-refractivity contribution is 6.02. The smallest absolute Gasteiger partial charge is 0.318 e. The first-order valence-corrected chi connectivity index (χ1v) is 5.53. The third-order valence-electron chi connectivity index (χ3n) is 3.03. The molecule has 0 unspecified atom stereocenters. The maximum absolute atomic E-state index is 12.0. The number of carbonyl (C=O) groups excluding carboxylic acids is 2. The standard InChI is InChI=1S/C11H18N2O4/c1-11(2,10(16)17)9(15)13-6-4-5-12(3)8(14)7-13/h4-7H2,1-3H3,(H,16,17). The largest absolute Gasteiger partial charge is 0.480 e. The third-order valence-corrected chi connectivity index (χ3v) is 3.03. The number of hydrogen-bond acceptors (Lipinski definition) is 3. The molecule has 0 radical (unpaired) electrons. The molecule has 2 amide bonds. The molecule has 1 fully saturated rings. The molecular weight excluding hydrogens is 224 g/mol. The van der Waals surface area contributed by atoms with E-state index in [-0.39, 0.29) is 12.5 Å². The number of aliphatic carboxylic acids is 1. The lowest BCUT2D eigenvalue weighted by molar-refractivity contribution is -0.159. The van der Waals surface area contributed by atoms with Crippen LogP contribution in [0.15, 0.2) is 0 Å². The first-order valence-electron chi connectivity index (χ1n) is 5.53. The lowest BCUT2D eigenvalue weighted by atomic mass is 9.92. The molecule has 0 bridgehead atoms. The van der Waals surface area contributed by atoms with Crippen molar-refractivity contribution >= 4 is 17.8 Å². The Morgan fingerprint density at radius 3 is 2.41 bits per heavy atom. The van der Waals surface area contributed by atoms with E-state index in [4.69, 9.17) is 5.11 Å². The van der Waals surface area contributed by atoms with E-state index in [1.54, 1.807) is 11.9 Å². The van der Waals surface area contributed by atoms with Gasteiger partial charge in [0.1, 0.15) is 5.41 Å². The summed E-state index contributed by atoms with van der Waals surface area (Å²) in [7, 11) is 1.68. The molecule has 0 aliphatic carbocycles. The van der Waals surface area contributed by atoms with E-state index in [9.17, 15) is 14.4 Å². The number of rotatable bonds is 2. The van der Waals surface area contributed by atoms with Gasteiger partial charge in [-0.15, -0.1) is 0 Å². The summed E-state index contributed by atoms with van der Waals surface area (Å²) in [6.07, 6.45) is 0.670. The summed E-state index contributed by atoms with van der Waals surface area (Å²) in [5.41, 5.74) is -1.48. The molecular formula is C11H18N2O4. The number of nitrogens with zero attached hydrogens (tertiary/aromatic N) is 2. The van der Waals surface area contributed by atoms with Crippen LogP contribution in [-0.4, -0.2) is 59.4 Å². The van der Waals surface area contributed by atoms with Crippen LogP contribution < -0.4 is 0 Å². The molecule has 0 aromatic carbocycles. The highest BCUT2D eigenvalue weighted by atomic mass is 16.4. The average molecular weight is 242 g/mol. The Labute approximate surface area is 100 Å². The fourth-order valence-corrected chi connectivity index (χ4v) is 1.65. The van der Waals surface area contributed by atoms with Crippen LogP contribution in [0.5, 0.6) is 0 Å². The van der Waals surface area contributed by atoms with Crippen molar-refractivity contribution in [3.63, 3.8) is 0 Å². The van der Waals surface area contributed by atoms with Crippen molar-refractivity contribution < 1.29 is 19.5 Å². The van der Waals surface area contributed by atoms with Gasteiger partial charge in [0.15, 0.2) is 0 Å². The highest BCUT2D eigenvalue weighted by Gasteiger charge is 2.40. The molecule has 0 aromatic rings. The van der Waals surface area contributed by atoms with Crippen LogP contribution in [0.25, 0.3) is 0 Å². The Bertz CT molecular complexity index is 351. The van der Waals surface area contributed by atoms with Gasteiger partial charge in [-0.1, -0.05) is 0 Å². The molecule has 0 spiro atoms. The number of carboxylic acid groups (broad SMARTS) is 1. The lowest BCUT2D eigenvalue weighted by Crippen LogP contribution is -2.47. The molecule has 1 rings (SSSR count). The van der Waals surface area contributed by atoms with Crippen LogP contribution >= 0.6 is 0 Å². The second-order valence-electron chi connectivity index (χ2n) is 4.83. The second kappa shape index (κ2) is 4.73. The molecule has 0 aromatic heterocycles. The summed E-state index contributed by atoms with van der Waals surface area (Å²) in [4.78, 5) is 37.5. The van der Waals surface area contributed by atoms with Crippen LogP contribution in [0.3, 0.4) is 0 Å². The zero-order valence-corrected chi connectivity index (χ0v) is 10.4. The van der Waals surface area contributed by atoms with Gasteiger partial charge in [0, 0.05) is 20.1 Å². The molecule has 1 saturated heterocycles. The maximum atomic E-state index is 12.0. The van der Waals surface area contributed by atoms with E-state index in [1.165, 1.54) is 18.7 Å². The van der Waals surface area contributed by atoms with Crippen LogP contribution in [0.1, 0.15) is 20.3 Å². The molecule has 0 saturated carbocycles. The third kappa shape index (κ3) is 2.75. The van der Waals surface area contributed by atoms with E-state index in [0.29, 0.717) is 19.5 Å². The van der Waals surface area contributed by atoms with Gasteiger partial charge >= 0.3 is 5.97 Å². The molecule has 1 heterocycles. The van der Waals surface area contributed by atoms with E-state index >= 15 is 0 Å². The van der Waals surface area contributed by atoms with Crippen molar-refractivity contribution in [2.45, 2.75) is 20.3 Å². The van der Waals surface area contributed by atoms with Gasteiger partial charge in [-0.3, -0.25) is 14.4 Å². The minimum absolute atomic E-state index is 0.0357. The molecule has 1 aliphatic heterocycles. The van der Waals surface area contributed by atoms with E-state index in [0.717, 1.165) is 0 Å². The highest BCUT2D eigenvalue weighted by Crippen LogP contribution is 2.20. The first kappa shape index (κ1) is 13.5. The van der Waals surface area contributed by atoms with E-state index in [1.807, 2.05) is 0 Å². The Morgan fingerprint density at radius 2 is 1.88 bits per heavy atom. The summed E-state index contributed by atoms with van der Waals surface area (Å²) >= 11 is 0. The summed E-state index contributed by atoms with van der Waals surface area (Å²) in [5, 5.41) is 8.99. The average Bonchev–Trinajstić information content (AvgIpc) is 2.40. The quantitative estimate of drug-likeness (QED) is 0.679.